The van der Waals surface area contributed by atoms with Gasteiger partial charge in [-0.15, -0.1) is 0 Å². The molecule has 1 heterocycles. The maximum Gasteiger partial charge on any atom is 0.0700 e. The van der Waals surface area contributed by atoms with E-state index in [0.29, 0.717) is 12.1 Å². The van der Waals surface area contributed by atoms with Crippen molar-refractivity contribution in [3.63, 3.8) is 0 Å². The Morgan fingerprint density at radius 2 is 2.25 bits per heavy atom. The second kappa shape index (κ2) is 3.73. The zero-order valence-electron chi connectivity index (χ0n) is 7.33. The van der Waals surface area contributed by atoms with E-state index in [1.165, 1.54) is 12.8 Å². The van der Waals surface area contributed by atoms with Crippen LogP contribution in [0.2, 0.25) is 0 Å². The molecular weight excluding hydrogens is 154 g/mol. The van der Waals surface area contributed by atoms with Gasteiger partial charge >= 0.3 is 0 Å². The minimum absolute atomic E-state index is 0.105. The molecule has 0 aromatic heterocycles. The Morgan fingerprint density at radius 3 is 2.75 bits per heavy atom. The van der Waals surface area contributed by atoms with E-state index in [2.05, 4.69) is 5.32 Å². The Kier molecular flexibility index (Phi) is 2.63. The van der Waals surface area contributed by atoms with Crippen LogP contribution in [0, 0.1) is 0 Å². The number of ether oxygens (including phenoxy) is 1. The lowest BCUT2D eigenvalue weighted by Crippen LogP contribution is -2.49. The van der Waals surface area contributed by atoms with Crippen molar-refractivity contribution >= 4 is 0 Å². The van der Waals surface area contributed by atoms with E-state index in [9.17, 15) is 5.11 Å². The Bertz CT molecular complexity index is 143. The van der Waals surface area contributed by atoms with Crippen molar-refractivity contribution in [1.29, 1.82) is 0 Å². The maximum atomic E-state index is 9.28. The van der Waals surface area contributed by atoms with Crippen molar-refractivity contribution in [2.75, 3.05) is 13.2 Å². The Balaban J connectivity index is 1.61. The van der Waals surface area contributed by atoms with Crippen LogP contribution in [0.15, 0.2) is 0 Å². The standard InChI is InChI=1S/C9H17NO2/c11-9-4-3-8(9)10-6-7-2-1-5-12-7/h7-11H,1-6H2/t7?,8-,9-/m1/s1. The molecule has 3 atom stereocenters. The molecule has 1 aliphatic heterocycles. The van der Waals surface area contributed by atoms with Gasteiger partial charge in [0.15, 0.2) is 0 Å². The molecule has 0 amide bonds. The predicted octanol–water partition coefficient (Wildman–Crippen LogP) is 0.278. The second-order valence-corrected chi connectivity index (χ2v) is 3.79. The van der Waals surface area contributed by atoms with Gasteiger partial charge in [0.05, 0.1) is 12.2 Å². The van der Waals surface area contributed by atoms with Gasteiger partial charge in [0.25, 0.3) is 0 Å². The van der Waals surface area contributed by atoms with Crippen molar-refractivity contribution in [3.05, 3.63) is 0 Å². The van der Waals surface area contributed by atoms with Crippen LogP contribution < -0.4 is 5.32 Å². The molecule has 1 saturated heterocycles. The average Bonchev–Trinajstić information content (AvgIpc) is 2.54. The van der Waals surface area contributed by atoms with E-state index in [1.54, 1.807) is 0 Å². The summed E-state index contributed by atoms with van der Waals surface area (Å²) in [7, 11) is 0. The van der Waals surface area contributed by atoms with Crippen LogP contribution >= 0.6 is 0 Å². The molecule has 2 rings (SSSR count). The predicted molar refractivity (Wildman–Crippen MR) is 46.0 cm³/mol. The van der Waals surface area contributed by atoms with E-state index in [4.69, 9.17) is 4.74 Å². The molecule has 0 aromatic rings. The van der Waals surface area contributed by atoms with Gasteiger partial charge in [-0.25, -0.2) is 0 Å². The molecule has 1 saturated carbocycles. The summed E-state index contributed by atoms with van der Waals surface area (Å²) in [5, 5.41) is 12.6. The highest BCUT2D eigenvalue weighted by Gasteiger charge is 2.29. The highest BCUT2D eigenvalue weighted by atomic mass is 16.5. The third-order valence-electron chi connectivity index (χ3n) is 2.87. The van der Waals surface area contributed by atoms with Crippen molar-refractivity contribution < 1.29 is 9.84 Å². The Hall–Kier alpha value is -0.120. The smallest absolute Gasteiger partial charge is 0.0700 e. The third-order valence-corrected chi connectivity index (χ3v) is 2.87. The van der Waals surface area contributed by atoms with Gasteiger partial charge in [0, 0.05) is 19.2 Å². The van der Waals surface area contributed by atoms with Crippen molar-refractivity contribution in [1.82, 2.24) is 5.32 Å². The molecule has 3 nitrogen and oxygen atoms in total. The quantitative estimate of drug-likeness (QED) is 0.641. The molecule has 0 radical (unpaired) electrons. The number of hydrogen-bond donors (Lipinski definition) is 2. The van der Waals surface area contributed by atoms with Crippen LogP contribution in [0.4, 0.5) is 0 Å². The van der Waals surface area contributed by atoms with E-state index in [0.717, 1.165) is 26.0 Å². The lowest BCUT2D eigenvalue weighted by molar-refractivity contribution is 0.0375. The summed E-state index contributed by atoms with van der Waals surface area (Å²) in [6, 6.07) is 0.342. The van der Waals surface area contributed by atoms with Crippen molar-refractivity contribution in [3.8, 4) is 0 Å². The van der Waals surface area contributed by atoms with E-state index < -0.39 is 0 Å². The summed E-state index contributed by atoms with van der Waals surface area (Å²) < 4.78 is 5.46. The van der Waals surface area contributed by atoms with E-state index in [1.807, 2.05) is 0 Å². The zero-order valence-corrected chi connectivity index (χ0v) is 7.33. The molecule has 3 heteroatoms. The topological polar surface area (TPSA) is 41.5 Å². The molecule has 0 aromatic carbocycles. The van der Waals surface area contributed by atoms with Crippen LogP contribution in [-0.2, 0) is 4.74 Å². The fourth-order valence-electron chi connectivity index (χ4n) is 1.81. The fourth-order valence-corrected chi connectivity index (χ4v) is 1.81. The van der Waals surface area contributed by atoms with Crippen LogP contribution in [0.3, 0.4) is 0 Å². The number of nitrogens with one attached hydrogen (secondary N) is 1. The number of aliphatic hydroxyl groups is 1. The Morgan fingerprint density at radius 1 is 1.33 bits per heavy atom. The lowest BCUT2D eigenvalue weighted by atomic mass is 9.89. The molecule has 12 heavy (non-hydrogen) atoms. The molecule has 2 aliphatic rings. The van der Waals surface area contributed by atoms with Crippen LogP contribution in [0.5, 0.6) is 0 Å². The SMILES string of the molecule is O[C@@H]1CC[C@H]1NCC1CCCO1. The summed E-state index contributed by atoms with van der Waals surface area (Å²) in [6.07, 6.45) is 4.75. The third kappa shape index (κ3) is 1.79. The maximum absolute atomic E-state index is 9.28. The van der Waals surface area contributed by atoms with Gasteiger partial charge in [-0.3, -0.25) is 0 Å². The summed E-state index contributed by atoms with van der Waals surface area (Å²) in [4.78, 5) is 0. The fraction of sp³-hybridized carbons (Fsp3) is 1.00. The summed E-state index contributed by atoms with van der Waals surface area (Å²) in [6.45, 7) is 1.83. The Labute approximate surface area is 73.1 Å². The van der Waals surface area contributed by atoms with E-state index in [-0.39, 0.29) is 6.10 Å². The second-order valence-electron chi connectivity index (χ2n) is 3.79. The summed E-state index contributed by atoms with van der Waals surface area (Å²) in [5.74, 6) is 0. The first-order chi connectivity index (χ1) is 5.86. The van der Waals surface area contributed by atoms with Gasteiger partial charge in [-0.1, -0.05) is 0 Å². The van der Waals surface area contributed by atoms with Gasteiger partial charge in [-0.2, -0.15) is 0 Å². The first kappa shape index (κ1) is 8.48. The molecule has 0 bridgehead atoms. The first-order valence-electron chi connectivity index (χ1n) is 4.89. The van der Waals surface area contributed by atoms with Crippen molar-refractivity contribution in [2.45, 2.75) is 43.9 Å². The number of aliphatic hydroxyl groups excluding tert-OH is 1. The molecule has 2 N–H and O–H groups in total. The van der Waals surface area contributed by atoms with Gasteiger partial charge in [0.1, 0.15) is 0 Å². The largest absolute Gasteiger partial charge is 0.392 e. The van der Waals surface area contributed by atoms with Crippen LogP contribution in [0.1, 0.15) is 25.7 Å². The monoisotopic (exact) mass is 171 g/mol. The summed E-state index contributed by atoms with van der Waals surface area (Å²) >= 11 is 0. The van der Waals surface area contributed by atoms with Crippen LogP contribution in [0.25, 0.3) is 0 Å². The van der Waals surface area contributed by atoms with Gasteiger partial charge in [0.2, 0.25) is 0 Å². The highest BCUT2D eigenvalue weighted by Crippen LogP contribution is 2.20. The average molecular weight is 171 g/mol. The highest BCUT2D eigenvalue weighted by molar-refractivity contribution is 4.87. The normalized spacial score (nSPS) is 41.2. The summed E-state index contributed by atoms with van der Waals surface area (Å²) in [5.41, 5.74) is 0. The minimum atomic E-state index is -0.105. The molecule has 2 fully saturated rings. The molecule has 1 unspecified atom stereocenters. The molecule has 70 valence electrons. The van der Waals surface area contributed by atoms with E-state index >= 15 is 0 Å². The molecule has 1 aliphatic carbocycles. The molecule has 0 spiro atoms. The minimum Gasteiger partial charge on any atom is -0.392 e. The lowest BCUT2D eigenvalue weighted by Gasteiger charge is -2.33. The first-order valence-corrected chi connectivity index (χ1v) is 4.89. The number of hydrogen-bond acceptors (Lipinski definition) is 3. The number of rotatable bonds is 3. The van der Waals surface area contributed by atoms with Crippen molar-refractivity contribution in [2.24, 2.45) is 0 Å². The van der Waals surface area contributed by atoms with Crippen LogP contribution in [-0.4, -0.2) is 36.5 Å². The van der Waals surface area contributed by atoms with Gasteiger partial charge in [-0.05, 0) is 25.7 Å². The molecular formula is C9H17NO2. The zero-order chi connectivity index (χ0) is 8.39. The van der Waals surface area contributed by atoms with Gasteiger partial charge < -0.3 is 15.2 Å².